The Morgan fingerprint density at radius 2 is 1.23 bits per heavy atom. The van der Waals surface area contributed by atoms with Gasteiger partial charge in [-0.2, -0.15) is 0 Å². The van der Waals surface area contributed by atoms with Gasteiger partial charge in [-0.25, -0.2) is 0 Å². The summed E-state index contributed by atoms with van der Waals surface area (Å²) in [5, 5.41) is 23.7. The summed E-state index contributed by atoms with van der Waals surface area (Å²) in [5.41, 5.74) is -1.33. The van der Waals surface area contributed by atoms with Crippen LogP contribution in [0, 0.1) is 26.1 Å². The summed E-state index contributed by atoms with van der Waals surface area (Å²) in [4.78, 5) is 23.1. The molecule has 2 aliphatic carbocycles. The minimum absolute atomic E-state index is 0.128. The van der Waals surface area contributed by atoms with E-state index in [4.69, 9.17) is 0 Å². The summed E-state index contributed by atoms with van der Waals surface area (Å²) >= 11 is 0. The van der Waals surface area contributed by atoms with Gasteiger partial charge in [0.25, 0.3) is 11.6 Å². The second-order valence-corrected chi connectivity index (χ2v) is 7.04. The van der Waals surface area contributed by atoms with Crippen LogP contribution in [0.5, 0.6) is 0 Å². The summed E-state index contributed by atoms with van der Waals surface area (Å²) in [6.07, 6.45) is 11.1. The van der Waals surface area contributed by atoms with E-state index >= 15 is 0 Å². The van der Waals surface area contributed by atoms with E-state index in [1.54, 1.807) is 0 Å². The van der Waals surface area contributed by atoms with Crippen molar-refractivity contribution in [3.8, 4) is 0 Å². The van der Waals surface area contributed by atoms with Crippen molar-refractivity contribution in [2.24, 2.45) is 5.92 Å². The summed E-state index contributed by atoms with van der Waals surface area (Å²) < 4.78 is 0. The lowest BCUT2D eigenvalue weighted by Crippen LogP contribution is -2.58. The molecule has 0 bridgehead atoms. The van der Waals surface area contributed by atoms with E-state index in [-0.39, 0.29) is 15.8 Å². The highest BCUT2D eigenvalue weighted by Crippen LogP contribution is 2.42. The molecule has 126 valence electrons. The van der Waals surface area contributed by atoms with Crippen LogP contribution in [0.3, 0.4) is 0 Å². The first kappa shape index (κ1) is 17.2. The van der Waals surface area contributed by atoms with E-state index in [0.29, 0.717) is 12.8 Å². The van der Waals surface area contributed by atoms with Gasteiger partial charge in [-0.05, 0) is 25.7 Å². The van der Waals surface area contributed by atoms with Crippen LogP contribution in [0.25, 0.3) is 0 Å². The topological polar surface area (TPSA) is 86.3 Å². The third-order valence-electron chi connectivity index (χ3n) is 5.79. The average Bonchev–Trinajstić information content (AvgIpc) is 2.38. The Balaban J connectivity index is 2.34. The highest BCUT2D eigenvalue weighted by Gasteiger charge is 2.61. The molecule has 2 rings (SSSR count). The molecule has 0 aliphatic heterocycles. The summed E-state index contributed by atoms with van der Waals surface area (Å²) in [7, 11) is 0. The molecule has 2 saturated carbocycles. The smallest absolute Gasteiger partial charge is 0.264 e. The van der Waals surface area contributed by atoms with Gasteiger partial charge in [0.1, 0.15) is 0 Å². The quantitative estimate of drug-likeness (QED) is 0.572. The van der Waals surface area contributed by atoms with Crippen LogP contribution in [0.15, 0.2) is 0 Å². The Morgan fingerprint density at radius 1 is 0.727 bits per heavy atom. The van der Waals surface area contributed by atoms with Crippen molar-refractivity contribution in [1.29, 1.82) is 0 Å². The van der Waals surface area contributed by atoms with Gasteiger partial charge in [0.2, 0.25) is 0 Å². The number of rotatable bonds is 3. The fourth-order valence-corrected chi connectivity index (χ4v) is 4.60. The molecule has 0 aromatic rings. The first-order valence-corrected chi connectivity index (χ1v) is 8.87. The van der Waals surface area contributed by atoms with Crippen molar-refractivity contribution in [2.45, 2.75) is 95.1 Å². The maximum Gasteiger partial charge on any atom is 0.290 e. The highest BCUT2D eigenvalue weighted by atomic mass is 16.6. The molecule has 0 saturated heterocycles. The molecular formula is C16H28N2O4. The number of hydrogen-bond acceptors (Lipinski definition) is 4. The summed E-state index contributed by atoms with van der Waals surface area (Å²) in [6, 6.07) is -1.01. The van der Waals surface area contributed by atoms with E-state index in [1.807, 2.05) is 0 Å². The highest BCUT2D eigenvalue weighted by molar-refractivity contribution is 4.95. The van der Waals surface area contributed by atoms with Gasteiger partial charge in [0.05, 0.1) is 0 Å². The van der Waals surface area contributed by atoms with Gasteiger partial charge < -0.3 is 0 Å². The molecule has 0 radical (unpaired) electrons. The van der Waals surface area contributed by atoms with Gasteiger partial charge in [-0.1, -0.05) is 44.9 Å². The van der Waals surface area contributed by atoms with E-state index in [2.05, 4.69) is 0 Å². The number of nitrogens with zero attached hydrogens (tertiary/aromatic N) is 2. The minimum Gasteiger partial charge on any atom is -0.264 e. The monoisotopic (exact) mass is 312 g/mol. The minimum atomic E-state index is -1.33. The molecule has 22 heavy (non-hydrogen) atoms. The van der Waals surface area contributed by atoms with E-state index in [1.165, 1.54) is 6.42 Å². The largest absolute Gasteiger partial charge is 0.290 e. The molecule has 2 atom stereocenters. The zero-order valence-electron chi connectivity index (χ0n) is 13.4. The molecule has 2 fully saturated rings. The first-order chi connectivity index (χ1) is 10.6. The molecule has 0 heterocycles. The Bertz CT molecular complexity index is 394. The van der Waals surface area contributed by atoms with Gasteiger partial charge in [0.15, 0.2) is 0 Å². The van der Waals surface area contributed by atoms with Crippen molar-refractivity contribution < 1.29 is 9.85 Å². The SMILES string of the molecule is O=[N+]([O-])C1CCCCCCC1(C1CCCCCCC1)[N+](=O)[O-]. The third kappa shape index (κ3) is 3.58. The second-order valence-electron chi connectivity index (χ2n) is 7.04. The third-order valence-corrected chi connectivity index (χ3v) is 5.79. The first-order valence-electron chi connectivity index (χ1n) is 8.87. The lowest BCUT2D eigenvalue weighted by Gasteiger charge is -2.36. The normalized spacial score (nSPS) is 32.3. The van der Waals surface area contributed by atoms with Crippen LogP contribution in [-0.4, -0.2) is 21.4 Å². The van der Waals surface area contributed by atoms with Crippen LogP contribution in [0.1, 0.15) is 83.5 Å². The van der Waals surface area contributed by atoms with E-state index in [0.717, 1.165) is 64.2 Å². The van der Waals surface area contributed by atoms with Crippen molar-refractivity contribution in [3.63, 3.8) is 0 Å². The molecule has 0 aromatic carbocycles. The lowest BCUT2D eigenvalue weighted by molar-refractivity contribution is -0.664. The van der Waals surface area contributed by atoms with Crippen molar-refractivity contribution in [2.75, 3.05) is 0 Å². The molecule has 0 amide bonds. The molecule has 0 N–H and O–H groups in total. The average molecular weight is 312 g/mol. The molecular weight excluding hydrogens is 284 g/mol. The number of hydrogen-bond donors (Lipinski definition) is 0. The number of nitro groups is 2. The predicted octanol–water partition coefficient (Wildman–Crippen LogP) is 4.36. The molecule has 0 aromatic heterocycles. The van der Waals surface area contributed by atoms with Crippen molar-refractivity contribution >= 4 is 0 Å². The van der Waals surface area contributed by atoms with Crippen LogP contribution in [0.2, 0.25) is 0 Å². The lowest BCUT2D eigenvalue weighted by atomic mass is 9.68. The maximum atomic E-state index is 12.1. The van der Waals surface area contributed by atoms with Gasteiger partial charge in [-0.3, -0.25) is 20.2 Å². The summed E-state index contributed by atoms with van der Waals surface area (Å²) in [5.74, 6) is -0.128. The van der Waals surface area contributed by atoms with Crippen LogP contribution in [-0.2, 0) is 0 Å². The fourth-order valence-electron chi connectivity index (χ4n) is 4.60. The van der Waals surface area contributed by atoms with Crippen molar-refractivity contribution in [1.82, 2.24) is 0 Å². The van der Waals surface area contributed by atoms with Gasteiger partial charge in [-0.15, -0.1) is 0 Å². The Hall–Kier alpha value is -1.20. The van der Waals surface area contributed by atoms with Crippen LogP contribution in [0.4, 0.5) is 0 Å². The standard InChI is InChI=1S/C16H28N2O4/c19-17(20)15-12-8-4-5-9-13-16(15,18(21)22)14-10-6-2-1-3-7-11-14/h14-15H,1-13H2. The molecule has 0 spiro atoms. The van der Waals surface area contributed by atoms with Gasteiger partial charge in [0, 0.05) is 28.6 Å². The second kappa shape index (κ2) is 7.88. The van der Waals surface area contributed by atoms with Crippen LogP contribution >= 0.6 is 0 Å². The van der Waals surface area contributed by atoms with Crippen LogP contribution < -0.4 is 0 Å². The molecule has 2 unspecified atom stereocenters. The Kier molecular flexibility index (Phi) is 6.15. The zero-order valence-corrected chi connectivity index (χ0v) is 13.4. The van der Waals surface area contributed by atoms with E-state index < -0.39 is 11.6 Å². The molecule has 2 aliphatic rings. The van der Waals surface area contributed by atoms with Gasteiger partial charge >= 0.3 is 0 Å². The van der Waals surface area contributed by atoms with Crippen molar-refractivity contribution in [3.05, 3.63) is 20.2 Å². The summed E-state index contributed by atoms with van der Waals surface area (Å²) in [6.45, 7) is 0. The molecule has 6 heteroatoms. The van der Waals surface area contributed by atoms with E-state index in [9.17, 15) is 20.2 Å². The Morgan fingerprint density at radius 3 is 1.77 bits per heavy atom. The zero-order chi connectivity index (χ0) is 16.0. The maximum absolute atomic E-state index is 12.1. The fraction of sp³-hybridized carbons (Fsp3) is 1.00. The predicted molar refractivity (Wildman–Crippen MR) is 84.0 cm³/mol. The Labute approximate surface area is 132 Å². The molecule has 6 nitrogen and oxygen atoms in total.